The maximum atomic E-state index is 13.2. The molecule has 0 aromatic heterocycles. The number of carbonyl (C=O) groups is 1. The van der Waals surface area contributed by atoms with E-state index in [4.69, 9.17) is 4.74 Å². The van der Waals surface area contributed by atoms with Crippen molar-refractivity contribution in [3.63, 3.8) is 0 Å². The van der Waals surface area contributed by atoms with Crippen molar-refractivity contribution >= 4 is 15.9 Å². The van der Waals surface area contributed by atoms with Gasteiger partial charge in [-0.3, -0.25) is 9.69 Å². The molecule has 2 saturated heterocycles. The van der Waals surface area contributed by atoms with Crippen LogP contribution >= 0.6 is 0 Å². The molecule has 33 heavy (non-hydrogen) atoms. The van der Waals surface area contributed by atoms with E-state index in [9.17, 15) is 13.2 Å². The normalized spacial score (nSPS) is 27.2. The Morgan fingerprint density at radius 1 is 1.03 bits per heavy atom. The van der Waals surface area contributed by atoms with Gasteiger partial charge in [0.1, 0.15) is 0 Å². The third-order valence-corrected chi connectivity index (χ3v) is 9.34. The maximum absolute atomic E-state index is 13.2. The number of carbonyl (C=O) groups excluding carboxylic acids is 1. The Kier molecular flexibility index (Phi) is 7.78. The van der Waals surface area contributed by atoms with Gasteiger partial charge < -0.3 is 10.1 Å². The van der Waals surface area contributed by atoms with Gasteiger partial charge in [0.25, 0.3) is 5.91 Å². The second-order valence-electron chi connectivity index (χ2n) is 10.1. The van der Waals surface area contributed by atoms with Crippen LogP contribution in [0.25, 0.3) is 0 Å². The van der Waals surface area contributed by atoms with Gasteiger partial charge in [0.05, 0.1) is 17.1 Å². The summed E-state index contributed by atoms with van der Waals surface area (Å²) >= 11 is 0. The van der Waals surface area contributed by atoms with Crippen molar-refractivity contribution in [2.45, 2.75) is 87.9 Å². The highest BCUT2D eigenvalue weighted by Crippen LogP contribution is 2.35. The van der Waals surface area contributed by atoms with Crippen molar-refractivity contribution in [1.29, 1.82) is 0 Å². The summed E-state index contributed by atoms with van der Waals surface area (Å²) in [6, 6.07) is 6.46. The zero-order chi connectivity index (χ0) is 23.5. The van der Waals surface area contributed by atoms with Crippen LogP contribution in [0.4, 0.5) is 0 Å². The highest BCUT2D eigenvalue weighted by Gasteiger charge is 2.39. The first-order valence-electron chi connectivity index (χ1n) is 12.6. The zero-order valence-corrected chi connectivity index (χ0v) is 20.9. The van der Waals surface area contributed by atoms with E-state index >= 15 is 0 Å². The number of nitrogens with zero attached hydrogens (tertiary/aromatic N) is 2. The molecule has 0 radical (unpaired) electrons. The van der Waals surface area contributed by atoms with Crippen molar-refractivity contribution < 1.29 is 17.9 Å². The molecule has 1 amide bonds. The number of amides is 1. The van der Waals surface area contributed by atoms with Crippen LogP contribution in [0.2, 0.25) is 0 Å². The van der Waals surface area contributed by atoms with Crippen LogP contribution in [-0.4, -0.2) is 74.0 Å². The Hall–Kier alpha value is -1.48. The molecule has 0 spiro atoms. The number of hydrogen-bond acceptors (Lipinski definition) is 5. The Morgan fingerprint density at radius 3 is 2.33 bits per heavy atom. The summed E-state index contributed by atoms with van der Waals surface area (Å²) in [5, 5.41) is 3.17. The molecule has 1 aromatic rings. The summed E-state index contributed by atoms with van der Waals surface area (Å²) in [5.41, 5.74) is 0.438. The highest BCUT2D eigenvalue weighted by molar-refractivity contribution is 7.89. The lowest BCUT2D eigenvalue weighted by molar-refractivity contribution is -0.0440. The molecular weight excluding hydrogens is 438 g/mol. The van der Waals surface area contributed by atoms with E-state index in [0.717, 1.165) is 25.9 Å². The molecule has 2 heterocycles. The highest BCUT2D eigenvalue weighted by atomic mass is 32.2. The van der Waals surface area contributed by atoms with Crippen LogP contribution in [0.1, 0.15) is 75.6 Å². The first-order chi connectivity index (χ1) is 15.8. The van der Waals surface area contributed by atoms with Crippen LogP contribution in [0.15, 0.2) is 29.2 Å². The Morgan fingerprint density at radius 2 is 1.67 bits per heavy atom. The minimum Gasteiger partial charge on any atom is -0.373 e. The number of rotatable bonds is 6. The molecular formula is C25H39N3O4S. The van der Waals surface area contributed by atoms with E-state index in [1.165, 1.54) is 48.9 Å². The lowest BCUT2D eigenvalue weighted by Gasteiger charge is -2.48. The van der Waals surface area contributed by atoms with E-state index in [2.05, 4.69) is 10.2 Å². The molecule has 2 atom stereocenters. The molecule has 3 aliphatic rings. The smallest absolute Gasteiger partial charge is 0.251 e. The Bertz CT molecular complexity index is 913. The maximum Gasteiger partial charge on any atom is 0.251 e. The Labute approximate surface area is 198 Å². The molecule has 1 N–H and O–H groups in total. The molecule has 1 saturated carbocycles. The van der Waals surface area contributed by atoms with Gasteiger partial charge in [0.2, 0.25) is 10.0 Å². The predicted molar refractivity (Wildman–Crippen MR) is 129 cm³/mol. The van der Waals surface area contributed by atoms with Crippen molar-refractivity contribution in [2.24, 2.45) is 0 Å². The molecule has 3 fully saturated rings. The predicted octanol–water partition coefficient (Wildman–Crippen LogP) is 3.40. The number of likely N-dealkylation sites (tertiary alicyclic amines) is 1. The minimum absolute atomic E-state index is 0.0398. The largest absolute Gasteiger partial charge is 0.373 e. The summed E-state index contributed by atoms with van der Waals surface area (Å²) in [6.45, 7) is 7.25. The Balaban J connectivity index is 1.47. The number of piperidine rings is 1. The summed E-state index contributed by atoms with van der Waals surface area (Å²) < 4.78 is 33.6. The van der Waals surface area contributed by atoms with Gasteiger partial charge in [0.15, 0.2) is 0 Å². The van der Waals surface area contributed by atoms with Gasteiger partial charge in [-0.15, -0.1) is 0 Å². The van der Waals surface area contributed by atoms with E-state index in [0.29, 0.717) is 25.2 Å². The fraction of sp³-hybridized carbons (Fsp3) is 0.720. The summed E-state index contributed by atoms with van der Waals surface area (Å²) in [4.78, 5) is 15.9. The fourth-order valence-electron chi connectivity index (χ4n) is 5.80. The second-order valence-corrected chi connectivity index (χ2v) is 12.1. The molecule has 184 valence electrons. The third kappa shape index (κ3) is 5.61. The molecule has 4 rings (SSSR count). The third-order valence-electron chi connectivity index (χ3n) is 7.51. The van der Waals surface area contributed by atoms with Crippen LogP contribution < -0.4 is 5.32 Å². The summed E-state index contributed by atoms with van der Waals surface area (Å²) in [6.07, 6.45) is 9.36. The van der Waals surface area contributed by atoms with E-state index in [1.807, 2.05) is 13.8 Å². The molecule has 7 nitrogen and oxygen atoms in total. The fourth-order valence-corrected chi connectivity index (χ4v) is 7.44. The second kappa shape index (κ2) is 10.4. The summed E-state index contributed by atoms with van der Waals surface area (Å²) in [7, 11) is -3.68. The molecule has 8 heteroatoms. The van der Waals surface area contributed by atoms with Gasteiger partial charge in [-0.2, -0.15) is 4.31 Å². The van der Waals surface area contributed by atoms with Gasteiger partial charge in [0, 0.05) is 30.7 Å². The van der Waals surface area contributed by atoms with Gasteiger partial charge in [-0.1, -0.05) is 31.7 Å². The van der Waals surface area contributed by atoms with Crippen LogP contribution in [0.3, 0.4) is 0 Å². The number of benzene rings is 1. The number of hydrogen-bond donors (Lipinski definition) is 1. The monoisotopic (exact) mass is 477 g/mol. The van der Waals surface area contributed by atoms with Crippen molar-refractivity contribution in [1.82, 2.24) is 14.5 Å². The zero-order valence-electron chi connectivity index (χ0n) is 20.1. The topological polar surface area (TPSA) is 79.0 Å². The first kappa shape index (κ1) is 24.6. The SMILES string of the molecule is C[C@@H]1CN(S(=O)(=O)c2cccc(C(=O)NCC3(N4CCCCC4)CCCCC3)c2)C[C@H](C)O1. The number of nitrogens with one attached hydrogen (secondary N) is 1. The van der Waals surface area contributed by atoms with Crippen molar-refractivity contribution in [2.75, 3.05) is 32.7 Å². The van der Waals surface area contributed by atoms with E-state index < -0.39 is 10.0 Å². The molecule has 0 bridgehead atoms. The van der Waals surface area contributed by atoms with Crippen LogP contribution in [0.5, 0.6) is 0 Å². The standard InChI is InChI=1S/C25H39N3O4S/c1-20-17-28(18-21(2)32-20)33(30,31)23-11-9-10-22(16-23)24(29)26-19-25(12-5-3-6-13-25)27-14-7-4-8-15-27/h9-11,16,20-21H,3-8,12-15,17-19H2,1-2H3,(H,26,29)/t20-,21+. The van der Waals surface area contributed by atoms with Gasteiger partial charge in [-0.05, 0) is 70.8 Å². The number of sulfonamides is 1. The van der Waals surface area contributed by atoms with E-state index in [1.54, 1.807) is 18.2 Å². The van der Waals surface area contributed by atoms with Gasteiger partial charge in [-0.25, -0.2) is 8.42 Å². The average Bonchev–Trinajstić information content (AvgIpc) is 2.83. The molecule has 1 aromatic carbocycles. The lowest BCUT2D eigenvalue weighted by atomic mass is 9.79. The van der Waals surface area contributed by atoms with Crippen molar-refractivity contribution in [3.8, 4) is 0 Å². The van der Waals surface area contributed by atoms with Crippen molar-refractivity contribution in [3.05, 3.63) is 29.8 Å². The van der Waals surface area contributed by atoms with Crippen LogP contribution in [-0.2, 0) is 14.8 Å². The first-order valence-corrected chi connectivity index (χ1v) is 14.0. The molecule has 1 aliphatic carbocycles. The van der Waals surface area contributed by atoms with Crippen LogP contribution in [0, 0.1) is 0 Å². The number of morpholine rings is 1. The average molecular weight is 478 g/mol. The molecule has 0 unspecified atom stereocenters. The molecule has 2 aliphatic heterocycles. The number of ether oxygens (including phenoxy) is 1. The minimum atomic E-state index is -3.68. The van der Waals surface area contributed by atoms with Gasteiger partial charge >= 0.3 is 0 Å². The quantitative estimate of drug-likeness (QED) is 0.679. The lowest BCUT2D eigenvalue weighted by Crippen LogP contribution is -2.58. The summed E-state index contributed by atoms with van der Waals surface area (Å²) in [5.74, 6) is -0.197. The van der Waals surface area contributed by atoms with E-state index in [-0.39, 0.29) is 28.5 Å².